The zero-order valence-electron chi connectivity index (χ0n) is 13.6. The van der Waals surface area contributed by atoms with Gasteiger partial charge in [-0.25, -0.2) is 0 Å². The number of benzene rings is 1. The average molecular weight is 331 g/mol. The number of aromatic nitrogens is 2. The van der Waals surface area contributed by atoms with Crippen LogP contribution >= 0.6 is 0 Å². The highest BCUT2D eigenvalue weighted by molar-refractivity contribution is 7.84. The average Bonchev–Trinajstić information content (AvgIpc) is 3.16. The SMILES string of the molecule is C[C@@H](c1ccc([S@@](C)=O)cc1)N(C)C(=O)c1n[nH]c2c1CCC2. The molecule has 2 atom stereocenters. The molecule has 3 rings (SSSR count). The number of hydrogen-bond acceptors (Lipinski definition) is 3. The molecule has 0 unspecified atom stereocenters. The molecular weight excluding hydrogens is 310 g/mol. The van der Waals surface area contributed by atoms with Crippen LogP contribution in [0.2, 0.25) is 0 Å². The molecule has 0 spiro atoms. The molecule has 122 valence electrons. The molecule has 1 aliphatic rings. The lowest BCUT2D eigenvalue weighted by Gasteiger charge is -2.25. The highest BCUT2D eigenvalue weighted by atomic mass is 32.2. The van der Waals surface area contributed by atoms with Crippen molar-refractivity contribution in [2.45, 2.75) is 37.1 Å². The zero-order chi connectivity index (χ0) is 16.6. The van der Waals surface area contributed by atoms with Crippen molar-refractivity contribution in [3.8, 4) is 0 Å². The smallest absolute Gasteiger partial charge is 0.274 e. The minimum atomic E-state index is -0.989. The first-order valence-corrected chi connectivity index (χ1v) is 9.31. The maximum atomic E-state index is 12.8. The van der Waals surface area contributed by atoms with Crippen molar-refractivity contribution < 1.29 is 9.00 Å². The quantitative estimate of drug-likeness (QED) is 0.936. The molecule has 1 aliphatic carbocycles. The van der Waals surface area contributed by atoms with Crippen LogP contribution in [0.3, 0.4) is 0 Å². The minimum absolute atomic E-state index is 0.0555. The van der Waals surface area contributed by atoms with Crippen LogP contribution in [0.4, 0.5) is 0 Å². The molecule has 6 heteroatoms. The van der Waals surface area contributed by atoms with E-state index in [1.54, 1.807) is 18.2 Å². The van der Waals surface area contributed by atoms with Gasteiger partial charge in [0.05, 0.1) is 6.04 Å². The first kappa shape index (κ1) is 15.9. The molecule has 1 aromatic carbocycles. The standard InChI is InChI=1S/C17H21N3O2S/c1-11(12-7-9-13(10-8-12)23(3)22)20(2)17(21)16-14-5-4-6-15(14)18-19-16/h7-11H,4-6H2,1-3H3,(H,18,19)/t11-,23+/m0/s1. The van der Waals surface area contributed by atoms with Crippen LogP contribution in [0, 0.1) is 0 Å². The van der Waals surface area contributed by atoms with Crippen molar-refractivity contribution in [3.05, 3.63) is 46.8 Å². The fourth-order valence-electron chi connectivity index (χ4n) is 3.00. The van der Waals surface area contributed by atoms with E-state index in [9.17, 15) is 9.00 Å². The Balaban J connectivity index is 1.79. The van der Waals surface area contributed by atoms with Gasteiger partial charge in [0.1, 0.15) is 0 Å². The summed E-state index contributed by atoms with van der Waals surface area (Å²) in [5, 5.41) is 7.21. The van der Waals surface area contributed by atoms with Crippen LogP contribution in [0.25, 0.3) is 0 Å². The van der Waals surface area contributed by atoms with E-state index in [4.69, 9.17) is 0 Å². The summed E-state index contributed by atoms with van der Waals surface area (Å²) in [6.45, 7) is 1.99. The topological polar surface area (TPSA) is 66.1 Å². The largest absolute Gasteiger partial charge is 0.334 e. The van der Waals surface area contributed by atoms with Crippen molar-refractivity contribution in [2.24, 2.45) is 0 Å². The Morgan fingerprint density at radius 3 is 2.65 bits per heavy atom. The number of carbonyl (C=O) groups is 1. The maximum Gasteiger partial charge on any atom is 0.274 e. The van der Waals surface area contributed by atoms with E-state index in [1.807, 2.05) is 31.2 Å². The van der Waals surface area contributed by atoms with Crippen molar-refractivity contribution in [1.29, 1.82) is 0 Å². The second-order valence-electron chi connectivity index (χ2n) is 6.00. The molecule has 5 nitrogen and oxygen atoms in total. The van der Waals surface area contributed by atoms with Crippen molar-refractivity contribution in [2.75, 3.05) is 13.3 Å². The first-order chi connectivity index (χ1) is 11.0. The van der Waals surface area contributed by atoms with Crippen molar-refractivity contribution in [1.82, 2.24) is 15.1 Å². The molecule has 1 heterocycles. The number of aryl methyl sites for hydroxylation is 1. The van der Waals surface area contributed by atoms with E-state index in [0.717, 1.165) is 41.0 Å². The minimum Gasteiger partial charge on any atom is -0.334 e. The Labute approximate surface area is 138 Å². The van der Waals surface area contributed by atoms with Gasteiger partial charge in [0.2, 0.25) is 0 Å². The van der Waals surface area contributed by atoms with E-state index in [0.29, 0.717) is 5.69 Å². The number of aromatic amines is 1. The summed E-state index contributed by atoms with van der Waals surface area (Å²) in [7, 11) is 0.812. The van der Waals surface area contributed by atoms with E-state index in [2.05, 4.69) is 10.2 Å². The normalized spacial score (nSPS) is 16.0. The number of nitrogens with one attached hydrogen (secondary N) is 1. The van der Waals surface area contributed by atoms with Crippen LogP contribution in [-0.4, -0.2) is 38.5 Å². The molecule has 0 fully saturated rings. The van der Waals surface area contributed by atoms with Crippen LogP contribution in [0.5, 0.6) is 0 Å². The number of fused-ring (bicyclic) bond motifs is 1. The fraction of sp³-hybridized carbons (Fsp3) is 0.412. The van der Waals surface area contributed by atoms with Crippen LogP contribution in [0.15, 0.2) is 29.2 Å². The number of nitrogens with zero attached hydrogens (tertiary/aromatic N) is 2. The van der Waals surface area contributed by atoms with Gasteiger partial charge in [-0.2, -0.15) is 5.10 Å². The summed E-state index contributed by atoms with van der Waals surface area (Å²) in [4.78, 5) is 15.3. The predicted molar refractivity (Wildman–Crippen MR) is 89.9 cm³/mol. The molecule has 0 bridgehead atoms. The van der Waals surface area contributed by atoms with Gasteiger partial charge in [0, 0.05) is 40.3 Å². The lowest BCUT2D eigenvalue weighted by molar-refractivity contribution is 0.0735. The molecule has 0 saturated heterocycles. The second-order valence-corrected chi connectivity index (χ2v) is 7.38. The molecule has 2 aromatic rings. The molecule has 1 N–H and O–H groups in total. The molecule has 0 aliphatic heterocycles. The molecule has 1 aromatic heterocycles. The summed E-state index contributed by atoms with van der Waals surface area (Å²) in [5.41, 5.74) is 3.75. The molecule has 1 amide bonds. The van der Waals surface area contributed by atoms with Crippen LogP contribution in [0.1, 0.15) is 46.7 Å². The third kappa shape index (κ3) is 2.95. The number of carbonyl (C=O) groups excluding carboxylic acids is 1. The second kappa shape index (κ2) is 6.28. The zero-order valence-corrected chi connectivity index (χ0v) is 14.4. The molecular formula is C17H21N3O2S. The van der Waals surface area contributed by atoms with Gasteiger partial charge in [-0.3, -0.25) is 14.1 Å². The summed E-state index contributed by atoms with van der Waals surface area (Å²) in [5.74, 6) is -0.0555. The number of rotatable bonds is 4. The van der Waals surface area contributed by atoms with Crippen molar-refractivity contribution >= 4 is 16.7 Å². The van der Waals surface area contributed by atoms with E-state index < -0.39 is 10.8 Å². The Kier molecular flexibility index (Phi) is 4.35. The Bertz CT molecular complexity index is 752. The van der Waals surface area contributed by atoms with Gasteiger partial charge in [0.15, 0.2) is 5.69 Å². The van der Waals surface area contributed by atoms with E-state index >= 15 is 0 Å². The highest BCUT2D eigenvalue weighted by Gasteiger charge is 2.27. The van der Waals surface area contributed by atoms with Gasteiger partial charge in [-0.1, -0.05) is 12.1 Å². The monoisotopic (exact) mass is 331 g/mol. The number of amides is 1. The summed E-state index contributed by atoms with van der Waals surface area (Å²) >= 11 is 0. The maximum absolute atomic E-state index is 12.8. The number of hydrogen-bond donors (Lipinski definition) is 1. The van der Waals surface area contributed by atoms with Gasteiger partial charge in [0.25, 0.3) is 5.91 Å². The fourth-order valence-corrected chi connectivity index (χ4v) is 3.52. The van der Waals surface area contributed by atoms with Gasteiger partial charge >= 0.3 is 0 Å². The van der Waals surface area contributed by atoms with Gasteiger partial charge < -0.3 is 4.90 Å². The molecule has 23 heavy (non-hydrogen) atoms. The predicted octanol–water partition coefficient (Wildman–Crippen LogP) is 2.47. The van der Waals surface area contributed by atoms with Crippen LogP contribution in [-0.2, 0) is 23.6 Å². The molecule has 0 saturated carbocycles. The van der Waals surface area contributed by atoms with Gasteiger partial charge in [-0.05, 0) is 43.9 Å². The Morgan fingerprint density at radius 1 is 1.30 bits per heavy atom. The molecule has 0 radical (unpaired) electrons. The van der Waals surface area contributed by atoms with Crippen molar-refractivity contribution in [3.63, 3.8) is 0 Å². The van der Waals surface area contributed by atoms with E-state index in [1.165, 1.54) is 0 Å². The summed E-state index contributed by atoms with van der Waals surface area (Å²) < 4.78 is 11.5. The summed E-state index contributed by atoms with van der Waals surface area (Å²) in [6.07, 6.45) is 4.64. The third-order valence-corrected chi connectivity index (χ3v) is 5.54. The first-order valence-electron chi connectivity index (χ1n) is 7.75. The Hall–Kier alpha value is -1.95. The lowest BCUT2D eigenvalue weighted by atomic mass is 10.1. The van der Waals surface area contributed by atoms with E-state index in [-0.39, 0.29) is 11.9 Å². The summed E-state index contributed by atoms with van der Waals surface area (Å²) in [6, 6.07) is 7.50. The van der Waals surface area contributed by atoms with Crippen LogP contribution < -0.4 is 0 Å². The third-order valence-electron chi connectivity index (χ3n) is 4.60. The Morgan fingerprint density at radius 2 is 2.00 bits per heavy atom. The number of H-pyrrole nitrogens is 1. The lowest BCUT2D eigenvalue weighted by Crippen LogP contribution is -2.30. The van der Waals surface area contributed by atoms with Gasteiger partial charge in [-0.15, -0.1) is 0 Å². The highest BCUT2D eigenvalue weighted by Crippen LogP contribution is 2.26.